The van der Waals surface area contributed by atoms with Crippen molar-refractivity contribution in [3.8, 4) is 6.07 Å². The van der Waals surface area contributed by atoms with Crippen LogP contribution in [0.2, 0.25) is 5.02 Å². The molecule has 0 bridgehead atoms. The SMILES string of the molecule is N.N#CC(CN)c1ccccc1Cl.O=S(=O)(NS(=O)(=O)c1ccccc1)c1ccccc1. The number of nitrogens with one attached hydrogen (secondary N) is 1. The van der Waals surface area contributed by atoms with Crippen LogP contribution in [-0.4, -0.2) is 23.4 Å². The van der Waals surface area contributed by atoms with Gasteiger partial charge in [-0.2, -0.15) is 5.26 Å². The summed E-state index contributed by atoms with van der Waals surface area (Å²) in [6, 6.07) is 24.0. The Hall–Kier alpha value is -2.78. The van der Waals surface area contributed by atoms with Crippen molar-refractivity contribution in [2.75, 3.05) is 6.54 Å². The first-order valence-corrected chi connectivity index (χ1v) is 12.3. The fourth-order valence-electron chi connectivity index (χ4n) is 2.45. The summed E-state index contributed by atoms with van der Waals surface area (Å²) in [7, 11) is -8.21. The molecule has 0 radical (unpaired) electrons. The summed E-state index contributed by atoms with van der Waals surface area (Å²) in [5.74, 6) is -0.293. The van der Waals surface area contributed by atoms with Gasteiger partial charge in [0.1, 0.15) is 0 Å². The second-order valence-corrected chi connectivity index (χ2v) is 10.2. The number of hydrogen-bond acceptors (Lipinski definition) is 7. The Morgan fingerprint density at radius 1 is 0.812 bits per heavy atom. The highest BCUT2D eigenvalue weighted by molar-refractivity contribution is 8.04. The summed E-state index contributed by atoms with van der Waals surface area (Å²) in [6.45, 7) is 0.306. The maximum Gasteiger partial charge on any atom is 0.253 e. The Kier molecular flexibility index (Phi) is 10.5. The number of halogens is 1. The second-order valence-electron chi connectivity index (χ2n) is 6.16. The van der Waals surface area contributed by atoms with Crippen LogP contribution in [0.3, 0.4) is 0 Å². The molecule has 0 saturated heterocycles. The minimum Gasteiger partial charge on any atom is -0.344 e. The molecule has 11 heteroatoms. The molecule has 0 aromatic heterocycles. The van der Waals surface area contributed by atoms with Crippen LogP contribution in [0, 0.1) is 11.3 Å². The van der Waals surface area contributed by atoms with Crippen molar-refractivity contribution in [2.45, 2.75) is 15.7 Å². The standard InChI is InChI=1S/C12H11NO4S2.C9H9ClN2.H3N/c14-18(15,11-7-3-1-4-8-11)13-19(16,17)12-9-5-2-6-10-12;10-9-4-2-1-3-8(9)7(5-11)6-12;/h1-10,13H;1-4,7H,5,11H2;1H3. The van der Waals surface area contributed by atoms with E-state index in [0.29, 0.717) is 11.6 Å². The van der Waals surface area contributed by atoms with E-state index < -0.39 is 20.0 Å². The summed E-state index contributed by atoms with van der Waals surface area (Å²) in [4.78, 5) is -0.205. The highest BCUT2D eigenvalue weighted by Crippen LogP contribution is 2.22. The third-order valence-corrected chi connectivity index (χ3v) is 7.88. The number of hydrogen-bond donors (Lipinski definition) is 3. The molecule has 1 atom stereocenters. The first-order valence-electron chi connectivity index (χ1n) is 8.94. The predicted molar refractivity (Wildman–Crippen MR) is 124 cm³/mol. The molecule has 3 rings (SSSR count). The van der Waals surface area contributed by atoms with Crippen LogP contribution in [-0.2, 0) is 20.0 Å². The van der Waals surface area contributed by atoms with Crippen molar-refractivity contribution in [2.24, 2.45) is 5.73 Å². The third-order valence-electron chi connectivity index (χ3n) is 4.00. The molecule has 6 N–H and O–H groups in total. The van der Waals surface area contributed by atoms with E-state index in [1.165, 1.54) is 48.5 Å². The van der Waals surface area contributed by atoms with Crippen LogP contribution in [0.1, 0.15) is 11.5 Å². The van der Waals surface area contributed by atoms with Crippen LogP contribution in [0.4, 0.5) is 0 Å². The lowest BCUT2D eigenvalue weighted by Gasteiger charge is -2.07. The normalized spacial score (nSPS) is 11.8. The van der Waals surface area contributed by atoms with Crippen LogP contribution >= 0.6 is 11.6 Å². The Morgan fingerprint density at radius 2 is 1.22 bits per heavy atom. The fourth-order valence-corrected chi connectivity index (χ4v) is 5.67. The molecule has 8 nitrogen and oxygen atoms in total. The van der Waals surface area contributed by atoms with Gasteiger partial charge in [-0.3, -0.25) is 0 Å². The Bertz CT molecular complexity index is 1180. The van der Waals surface area contributed by atoms with E-state index in [2.05, 4.69) is 6.07 Å². The average Bonchev–Trinajstić information content (AvgIpc) is 2.77. The largest absolute Gasteiger partial charge is 0.344 e. The van der Waals surface area contributed by atoms with E-state index >= 15 is 0 Å². The molecule has 3 aromatic carbocycles. The molecule has 0 aliphatic rings. The van der Waals surface area contributed by atoms with E-state index in [9.17, 15) is 16.8 Å². The van der Waals surface area contributed by atoms with Gasteiger partial charge in [-0.15, -0.1) is 4.13 Å². The van der Waals surface area contributed by atoms with Crippen molar-refractivity contribution >= 4 is 31.6 Å². The van der Waals surface area contributed by atoms with Crippen LogP contribution < -0.4 is 16.0 Å². The lowest BCUT2D eigenvalue weighted by atomic mass is 10.0. The monoisotopic (exact) mass is 494 g/mol. The minimum atomic E-state index is -4.10. The van der Waals surface area contributed by atoms with Crippen molar-refractivity contribution in [1.82, 2.24) is 10.3 Å². The van der Waals surface area contributed by atoms with Crippen molar-refractivity contribution in [3.05, 3.63) is 95.5 Å². The number of nitriles is 1. The maximum absolute atomic E-state index is 11.9. The van der Waals surface area contributed by atoms with Crippen molar-refractivity contribution in [1.29, 1.82) is 5.26 Å². The highest BCUT2D eigenvalue weighted by Gasteiger charge is 2.23. The van der Waals surface area contributed by atoms with Gasteiger partial charge >= 0.3 is 0 Å². The smallest absolute Gasteiger partial charge is 0.253 e. The van der Waals surface area contributed by atoms with Crippen LogP contribution in [0.5, 0.6) is 0 Å². The molecule has 0 saturated carbocycles. The van der Waals surface area contributed by atoms with Gasteiger partial charge in [0.05, 0.1) is 21.8 Å². The van der Waals surface area contributed by atoms with Gasteiger partial charge in [-0.05, 0) is 35.9 Å². The number of nitrogens with two attached hydrogens (primary N) is 1. The highest BCUT2D eigenvalue weighted by atomic mass is 35.5. The molecule has 0 aliphatic heterocycles. The molecular formula is C21H23ClN4O4S2. The number of sulfonamides is 2. The zero-order valence-electron chi connectivity index (χ0n) is 16.9. The lowest BCUT2D eigenvalue weighted by Crippen LogP contribution is -2.30. The van der Waals surface area contributed by atoms with E-state index in [-0.39, 0.29) is 21.9 Å². The Labute approximate surface area is 193 Å². The zero-order chi connectivity index (χ0) is 22.9. The minimum absolute atomic E-state index is 0. The first kappa shape index (κ1) is 27.3. The van der Waals surface area contributed by atoms with Gasteiger partial charge in [0, 0.05) is 11.6 Å². The average molecular weight is 495 g/mol. The van der Waals surface area contributed by atoms with Gasteiger partial charge in [0.25, 0.3) is 20.0 Å². The predicted octanol–water partition coefficient (Wildman–Crippen LogP) is 3.42. The second kappa shape index (κ2) is 12.3. The summed E-state index contributed by atoms with van der Waals surface area (Å²) in [5, 5.41) is 9.32. The molecule has 32 heavy (non-hydrogen) atoms. The van der Waals surface area contributed by atoms with Gasteiger partial charge < -0.3 is 11.9 Å². The molecule has 0 amide bonds. The van der Waals surface area contributed by atoms with E-state index in [0.717, 1.165) is 5.56 Å². The van der Waals surface area contributed by atoms with Gasteiger partial charge in [0.15, 0.2) is 0 Å². The fraction of sp³-hybridized carbons (Fsp3) is 0.0952. The molecule has 0 aliphatic carbocycles. The summed E-state index contributed by atoms with van der Waals surface area (Å²) < 4.78 is 49.4. The van der Waals surface area contributed by atoms with Gasteiger partial charge in [0.2, 0.25) is 0 Å². The molecule has 170 valence electrons. The molecule has 0 fully saturated rings. The quantitative estimate of drug-likeness (QED) is 0.472. The van der Waals surface area contributed by atoms with Crippen molar-refractivity contribution in [3.63, 3.8) is 0 Å². The van der Waals surface area contributed by atoms with Crippen molar-refractivity contribution < 1.29 is 16.8 Å². The summed E-state index contributed by atoms with van der Waals surface area (Å²) >= 11 is 5.87. The molecule has 1 unspecified atom stereocenters. The van der Waals surface area contributed by atoms with E-state index in [1.54, 1.807) is 22.3 Å². The number of rotatable bonds is 6. The first-order chi connectivity index (χ1) is 14.7. The third kappa shape index (κ3) is 7.42. The molecule has 0 heterocycles. The number of nitrogens with zero attached hydrogens (tertiary/aromatic N) is 1. The molecule has 3 aromatic rings. The van der Waals surface area contributed by atoms with Crippen LogP contribution in [0.15, 0.2) is 94.7 Å². The lowest BCUT2D eigenvalue weighted by molar-refractivity contribution is 0.577. The summed E-state index contributed by atoms with van der Waals surface area (Å²) in [5.41, 5.74) is 6.21. The van der Waals surface area contributed by atoms with E-state index in [1.807, 2.05) is 18.2 Å². The maximum atomic E-state index is 11.9. The molecular weight excluding hydrogens is 472 g/mol. The Morgan fingerprint density at radius 3 is 1.59 bits per heavy atom. The Balaban J connectivity index is 0.000000342. The molecule has 0 spiro atoms. The number of benzene rings is 3. The van der Waals surface area contributed by atoms with Crippen LogP contribution in [0.25, 0.3) is 0 Å². The van der Waals surface area contributed by atoms with Gasteiger partial charge in [-0.1, -0.05) is 66.2 Å². The topological polar surface area (TPSA) is 165 Å². The van der Waals surface area contributed by atoms with E-state index in [4.69, 9.17) is 22.6 Å². The zero-order valence-corrected chi connectivity index (χ0v) is 19.3. The van der Waals surface area contributed by atoms with Gasteiger partial charge in [-0.25, -0.2) is 16.8 Å². The summed E-state index contributed by atoms with van der Waals surface area (Å²) in [6.07, 6.45) is 0.